The second-order valence-corrected chi connectivity index (χ2v) is 5.36. The van der Waals surface area contributed by atoms with Crippen molar-refractivity contribution in [2.45, 2.75) is 58.4 Å². The minimum absolute atomic E-state index is 0.0262. The van der Waals surface area contributed by atoms with Crippen LogP contribution in [0.4, 0.5) is 0 Å². The minimum Gasteiger partial charge on any atom is -0.385 e. The van der Waals surface area contributed by atoms with Crippen LogP contribution in [0.1, 0.15) is 62.5 Å². The van der Waals surface area contributed by atoms with E-state index in [-0.39, 0.29) is 5.38 Å². The molecule has 4 heteroatoms. The fourth-order valence-electron chi connectivity index (χ4n) is 2.38. The Labute approximate surface area is 115 Å². The molecular formula is C14H25ClN2O. The molecule has 0 aliphatic heterocycles. The fourth-order valence-corrected chi connectivity index (χ4v) is 2.63. The van der Waals surface area contributed by atoms with E-state index >= 15 is 0 Å². The third kappa shape index (κ3) is 3.27. The highest BCUT2D eigenvalue weighted by molar-refractivity contribution is 6.20. The van der Waals surface area contributed by atoms with Crippen molar-refractivity contribution in [2.75, 3.05) is 13.7 Å². The predicted octanol–water partition coefficient (Wildman–Crippen LogP) is 3.91. The average Bonchev–Trinajstić information content (AvgIpc) is 2.74. The van der Waals surface area contributed by atoms with Gasteiger partial charge < -0.3 is 4.74 Å². The summed E-state index contributed by atoms with van der Waals surface area (Å²) >= 11 is 6.32. The van der Waals surface area contributed by atoms with Gasteiger partial charge in [0.2, 0.25) is 0 Å². The topological polar surface area (TPSA) is 27.1 Å². The van der Waals surface area contributed by atoms with Crippen molar-refractivity contribution in [3.05, 3.63) is 17.0 Å². The van der Waals surface area contributed by atoms with E-state index in [4.69, 9.17) is 21.4 Å². The van der Waals surface area contributed by atoms with Crippen LogP contribution < -0.4 is 0 Å². The molecule has 0 radical (unpaired) electrons. The maximum atomic E-state index is 6.32. The molecule has 18 heavy (non-hydrogen) atoms. The first kappa shape index (κ1) is 15.5. The van der Waals surface area contributed by atoms with Gasteiger partial charge in [-0.2, -0.15) is 5.10 Å². The number of hydrogen-bond acceptors (Lipinski definition) is 2. The molecule has 0 saturated carbocycles. The van der Waals surface area contributed by atoms with Crippen molar-refractivity contribution in [2.24, 2.45) is 0 Å². The van der Waals surface area contributed by atoms with E-state index in [1.54, 1.807) is 7.11 Å². The molecular weight excluding hydrogens is 248 g/mol. The minimum atomic E-state index is 0.0262. The molecule has 0 bridgehead atoms. The van der Waals surface area contributed by atoms with Crippen LogP contribution in [-0.2, 0) is 17.6 Å². The molecule has 1 heterocycles. The molecule has 0 amide bonds. The first-order chi connectivity index (χ1) is 8.56. The molecule has 1 aromatic rings. The van der Waals surface area contributed by atoms with Gasteiger partial charge in [0.1, 0.15) is 0 Å². The lowest BCUT2D eigenvalue weighted by Crippen LogP contribution is -2.13. The van der Waals surface area contributed by atoms with E-state index in [0.717, 1.165) is 31.6 Å². The molecule has 1 aromatic heterocycles. The highest BCUT2D eigenvalue weighted by atomic mass is 35.5. The molecule has 0 aliphatic rings. The number of hydrogen-bond donors (Lipinski definition) is 0. The number of nitrogens with zero attached hydrogens (tertiary/aromatic N) is 2. The van der Waals surface area contributed by atoms with E-state index in [2.05, 4.69) is 25.5 Å². The standard InChI is InChI=1S/C14H25ClN2O/c1-6-12-14(11(4)15)13(7-2)17(16-12)10(3)8-9-18-5/h10-11H,6-9H2,1-5H3. The molecule has 3 nitrogen and oxygen atoms in total. The number of aromatic nitrogens is 2. The lowest BCUT2D eigenvalue weighted by Gasteiger charge is -2.16. The number of methoxy groups -OCH3 is 1. The zero-order chi connectivity index (χ0) is 13.7. The van der Waals surface area contributed by atoms with Crippen LogP contribution in [0, 0.1) is 0 Å². The summed E-state index contributed by atoms with van der Waals surface area (Å²) in [7, 11) is 1.74. The third-order valence-corrected chi connectivity index (χ3v) is 3.57. The number of rotatable bonds is 7. The normalized spacial score (nSPS) is 14.8. The number of aryl methyl sites for hydroxylation is 1. The molecule has 1 rings (SSSR count). The number of halogens is 1. The van der Waals surface area contributed by atoms with Crippen LogP contribution in [0.2, 0.25) is 0 Å². The Hall–Kier alpha value is -0.540. The van der Waals surface area contributed by atoms with Crippen molar-refractivity contribution in [1.29, 1.82) is 0 Å². The van der Waals surface area contributed by atoms with Gasteiger partial charge in [-0.05, 0) is 33.1 Å². The lowest BCUT2D eigenvalue weighted by atomic mass is 10.1. The summed E-state index contributed by atoms with van der Waals surface area (Å²) in [6.45, 7) is 9.28. The molecule has 0 aromatic carbocycles. The van der Waals surface area contributed by atoms with Gasteiger partial charge in [0.25, 0.3) is 0 Å². The Morgan fingerprint density at radius 1 is 1.28 bits per heavy atom. The molecule has 104 valence electrons. The first-order valence-electron chi connectivity index (χ1n) is 6.79. The summed E-state index contributed by atoms with van der Waals surface area (Å²) in [5.74, 6) is 0. The third-order valence-electron chi connectivity index (χ3n) is 3.35. The highest BCUT2D eigenvalue weighted by Gasteiger charge is 2.21. The predicted molar refractivity (Wildman–Crippen MR) is 76.5 cm³/mol. The molecule has 0 spiro atoms. The van der Waals surface area contributed by atoms with Crippen LogP contribution in [0.15, 0.2) is 0 Å². The Morgan fingerprint density at radius 3 is 2.39 bits per heavy atom. The first-order valence-corrected chi connectivity index (χ1v) is 7.23. The summed E-state index contributed by atoms with van der Waals surface area (Å²) in [6.07, 6.45) is 2.88. The van der Waals surface area contributed by atoms with Gasteiger partial charge >= 0.3 is 0 Å². The van der Waals surface area contributed by atoms with Crippen molar-refractivity contribution in [3.63, 3.8) is 0 Å². The Kier molecular flexibility index (Phi) is 6.16. The van der Waals surface area contributed by atoms with Crippen molar-refractivity contribution in [3.8, 4) is 0 Å². The molecule has 0 saturated heterocycles. The van der Waals surface area contributed by atoms with E-state index in [1.165, 1.54) is 11.3 Å². The Balaban J connectivity index is 3.11. The van der Waals surface area contributed by atoms with E-state index in [0.29, 0.717) is 6.04 Å². The quantitative estimate of drug-likeness (QED) is 0.704. The Bertz CT molecular complexity index is 374. The highest BCUT2D eigenvalue weighted by Crippen LogP contribution is 2.30. The van der Waals surface area contributed by atoms with Crippen LogP contribution in [-0.4, -0.2) is 23.5 Å². The number of alkyl halides is 1. The molecule has 2 atom stereocenters. The summed E-state index contributed by atoms with van der Waals surface area (Å²) in [5.41, 5.74) is 3.64. The maximum Gasteiger partial charge on any atom is 0.0671 e. The van der Waals surface area contributed by atoms with Gasteiger partial charge in [0, 0.05) is 25.0 Å². The van der Waals surface area contributed by atoms with Crippen molar-refractivity contribution >= 4 is 11.6 Å². The summed E-state index contributed by atoms with van der Waals surface area (Å²) in [4.78, 5) is 0. The van der Waals surface area contributed by atoms with Crippen LogP contribution in [0.3, 0.4) is 0 Å². The van der Waals surface area contributed by atoms with Gasteiger partial charge in [-0.25, -0.2) is 0 Å². The largest absolute Gasteiger partial charge is 0.385 e. The average molecular weight is 273 g/mol. The maximum absolute atomic E-state index is 6.32. The zero-order valence-corrected chi connectivity index (χ0v) is 12.9. The van der Waals surface area contributed by atoms with Crippen LogP contribution in [0.5, 0.6) is 0 Å². The Morgan fingerprint density at radius 2 is 1.94 bits per heavy atom. The van der Waals surface area contributed by atoms with E-state index in [9.17, 15) is 0 Å². The smallest absolute Gasteiger partial charge is 0.0671 e. The van der Waals surface area contributed by atoms with Crippen molar-refractivity contribution in [1.82, 2.24) is 9.78 Å². The molecule has 0 N–H and O–H groups in total. The SMILES string of the molecule is CCc1nn(C(C)CCOC)c(CC)c1C(C)Cl. The summed E-state index contributed by atoms with van der Waals surface area (Å²) < 4.78 is 7.30. The van der Waals surface area contributed by atoms with Gasteiger partial charge in [-0.1, -0.05) is 13.8 Å². The van der Waals surface area contributed by atoms with Gasteiger partial charge in [-0.15, -0.1) is 11.6 Å². The van der Waals surface area contributed by atoms with Crippen LogP contribution in [0.25, 0.3) is 0 Å². The zero-order valence-electron chi connectivity index (χ0n) is 12.2. The summed E-state index contributed by atoms with van der Waals surface area (Å²) in [6, 6.07) is 0.356. The fraction of sp³-hybridized carbons (Fsp3) is 0.786. The van der Waals surface area contributed by atoms with Gasteiger partial charge in [0.05, 0.1) is 17.1 Å². The lowest BCUT2D eigenvalue weighted by molar-refractivity contribution is 0.178. The second-order valence-electron chi connectivity index (χ2n) is 4.71. The van der Waals surface area contributed by atoms with Crippen LogP contribution >= 0.6 is 11.6 Å². The monoisotopic (exact) mass is 272 g/mol. The molecule has 0 aliphatic carbocycles. The van der Waals surface area contributed by atoms with E-state index in [1.807, 2.05) is 6.92 Å². The van der Waals surface area contributed by atoms with Crippen molar-refractivity contribution < 1.29 is 4.74 Å². The second kappa shape index (κ2) is 7.15. The molecule has 0 fully saturated rings. The van der Waals surface area contributed by atoms with Gasteiger partial charge in [-0.3, -0.25) is 4.68 Å². The number of ether oxygens (including phenoxy) is 1. The van der Waals surface area contributed by atoms with Gasteiger partial charge in [0.15, 0.2) is 0 Å². The van der Waals surface area contributed by atoms with E-state index < -0.39 is 0 Å². The molecule has 2 unspecified atom stereocenters. The summed E-state index contributed by atoms with van der Waals surface area (Å²) in [5, 5.41) is 4.78.